The van der Waals surface area contributed by atoms with Crippen molar-refractivity contribution in [2.75, 3.05) is 5.75 Å². The Morgan fingerprint density at radius 3 is 2.86 bits per heavy atom. The predicted octanol–water partition coefficient (Wildman–Crippen LogP) is 4.51. The average molecular weight is 409 g/mol. The zero-order valence-corrected chi connectivity index (χ0v) is 17.3. The highest BCUT2D eigenvalue weighted by atomic mass is 32.2. The summed E-state index contributed by atoms with van der Waals surface area (Å²) in [4.78, 5) is 21.2. The second-order valence-corrected chi connectivity index (χ2v) is 8.55. The van der Waals surface area contributed by atoms with E-state index in [0.717, 1.165) is 26.1 Å². The summed E-state index contributed by atoms with van der Waals surface area (Å²) in [7, 11) is 0. The largest absolute Gasteiger partial charge is 0.349 e. The van der Waals surface area contributed by atoms with Gasteiger partial charge >= 0.3 is 0 Å². The van der Waals surface area contributed by atoms with Gasteiger partial charge in [-0.25, -0.2) is 9.97 Å². The van der Waals surface area contributed by atoms with Gasteiger partial charge in [0.1, 0.15) is 5.01 Å². The molecule has 0 spiro atoms. The molecule has 2 aromatic carbocycles. The Kier molecular flexibility index (Phi) is 5.45. The number of aryl methyl sites for hydroxylation is 2. The molecule has 0 atom stereocenters. The van der Waals surface area contributed by atoms with Crippen LogP contribution in [0.5, 0.6) is 0 Å². The molecule has 0 aliphatic heterocycles. The smallest absolute Gasteiger partial charge is 0.230 e. The monoisotopic (exact) mass is 408 g/mol. The number of para-hydroxylation sites is 1. The molecule has 2 aromatic heterocycles. The molecule has 4 rings (SSSR count). The van der Waals surface area contributed by atoms with Crippen LogP contribution in [0, 0.1) is 13.8 Å². The molecule has 0 aliphatic carbocycles. The van der Waals surface area contributed by atoms with Crippen molar-refractivity contribution in [2.24, 2.45) is 0 Å². The van der Waals surface area contributed by atoms with E-state index < -0.39 is 0 Å². The molecular formula is C21H20N4OS2. The maximum atomic E-state index is 12.3. The maximum absolute atomic E-state index is 12.3. The lowest BCUT2D eigenvalue weighted by atomic mass is 10.1. The summed E-state index contributed by atoms with van der Waals surface area (Å²) in [5.74, 6) is 0.283. The molecule has 0 bridgehead atoms. The highest BCUT2D eigenvalue weighted by Crippen LogP contribution is 2.23. The first-order valence-corrected chi connectivity index (χ1v) is 10.8. The number of nitrogens with zero attached hydrogens (tertiary/aromatic N) is 3. The summed E-state index contributed by atoms with van der Waals surface area (Å²) in [6.45, 7) is 4.64. The van der Waals surface area contributed by atoms with Crippen molar-refractivity contribution in [1.29, 1.82) is 0 Å². The van der Waals surface area contributed by atoms with Gasteiger partial charge in [-0.05, 0) is 49.2 Å². The number of amides is 1. The fourth-order valence-corrected chi connectivity index (χ4v) is 4.53. The second kappa shape index (κ2) is 8.16. The lowest BCUT2D eigenvalue weighted by Crippen LogP contribution is -2.24. The Labute approximate surface area is 171 Å². The van der Waals surface area contributed by atoms with Crippen molar-refractivity contribution in [1.82, 2.24) is 19.9 Å². The first-order valence-electron chi connectivity index (χ1n) is 8.95. The van der Waals surface area contributed by atoms with Crippen LogP contribution in [-0.4, -0.2) is 26.2 Å². The van der Waals surface area contributed by atoms with Crippen LogP contribution in [0.2, 0.25) is 0 Å². The summed E-state index contributed by atoms with van der Waals surface area (Å²) < 4.78 is 3.15. The Hall–Kier alpha value is -2.64. The van der Waals surface area contributed by atoms with Gasteiger partial charge in [-0.2, -0.15) is 0 Å². The van der Waals surface area contributed by atoms with Crippen LogP contribution in [-0.2, 0) is 11.3 Å². The lowest BCUT2D eigenvalue weighted by Gasteiger charge is -2.09. The predicted molar refractivity (Wildman–Crippen MR) is 115 cm³/mol. The number of carbonyl (C=O) groups excluding carboxylic acids is 1. The van der Waals surface area contributed by atoms with Gasteiger partial charge in [0, 0.05) is 18.1 Å². The fourth-order valence-electron chi connectivity index (χ4n) is 2.82. The Balaban J connectivity index is 1.36. The molecule has 0 radical (unpaired) electrons. The van der Waals surface area contributed by atoms with Crippen molar-refractivity contribution in [3.63, 3.8) is 0 Å². The fraction of sp³-hybridized carbons (Fsp3) is 0.190. The topological polar surface area (TPSA) is 59.8 Å². The number of rotatable bonds is 6. The van der Waals surface area contributed by atoms with Crippen LogP contribution in [0.25, 0.3) is 15.9 Å². The van der Waals surface area contributed by atoms with Crippen LogP contribution in [0.3, 0.4) is 0 Å². The number of aromatic nitrogens is 3. The van der Waals surface area contributed by atoms with Crippen molar-refractivity contribution >= 4 is 39.2 Å². The lowest BCUT2D eigenvalue weighted by molar-refractivity contribution is -0.118. The average Bonchev–Trinajstić information content (AvgIpc) is 3.33. The highest BCUT2D eigenvalue weighted by molar-refractivity contribution is 7.99. The molecule has 0 aliphatic rings. The summed E-state index contributed by atoms with van der Waals surface area (Å²) in [5.41, 5.74) is 4.52. The van der Waals surface area contributed by atoms with E-state index in [0.29, 0.717) is 12.3 Å². The number of imidazole rings is 1. The van der Waals surface area contributed by atoms with Crippen LogP contribution in [0.4, 0.5) is 0 Å². The molecule has 0 saturated carbocycles. The second-order valence-electron chi connectivity index (χ2n) is 6.49. The minimum absolute atomic E-state index is 0.0288. The van der Waals surface area contributed by atoms with Gasteiger partial charge in [-0.1, -0.05) is 30.0 Å². The molecule has 5 nitrogen and oxygen atoms in total. The number of nitrogens with one attached hydrogen (secondary N) is 1. The molecule has 2 heterocycles. The molecule has 28 heavy (non-hydrogen) atoms. The molecule has 1 N–H and O–H groups in total. The van der Waals surface area contributed by atoms with E-state index in [9.17, 15) is 4.79 Å². The summed E-state index contributed by atoms with van der Waals surface area (Å²) in [5, 5.41) is 4.67. The normalized spacial score (nSPS) is 11.1. The van der Waals surface area contributed by atoms with E-state index in [1.165, 1.54) is 22.9 Å². The number of fused-ring (bicyclic) bond motifs is 1. The zero-order chi connectivity index (χ0) is 19.5. The van der Waals surface area contributed by atoms with E-state index in [1.807, 2.05) is 35.0 Å². The van der Waals surface area contributed by atoms with E-state index in [-0.39, 0.29) is 5.91 Å². The molecule has 7 heteroatoms. The number of hydrogen-bond acceptors (Lipinski definition) is 5. The SMILES string of the molecule is Cc1ccc(-n2ccnc2SCC(=O)NCc2nc3ccccc3s2)cc1C. The molecule has 4 aromatic rings. The molecule has 0 unspecified atom stereocenters. The Morgan fingerprint density at radius 1 is 1.18 bits per heavy atom. The molecule has 1 amide bonds. The highest BCUT2D eigenvalue weighted by Gasteiger charge is 2.11. The third-order valence-corrected chi connectivity index (χ3v) is 6.49. The van der Waals surface area contributed by atoms with Gasteiger partial charge in [0.05, 0.1) is 22.5 Å². The standard InChI is InChI=1S/C21H20N4OS2/c1-14-7-8-16(11-15(14)2)25-10-9-22-21(25)27-13-19(26)23-12-20-24-17-5-3-4-6-18(17)28-20/h3-11H,12-13H2,1-2H3,(H,23,26). The van der Waals surface area contributed by atoms with Crippen LogP contribution in [0.1, 0.15) is 16.1 Å². The van der Waals surface area contributed by atoms with Gasteiger partial charge in [0.15, 0.2) is 5.16 Å². The van der Waals surface area contributed by atoms with Crippen molar-refractivity contribution in [3.8, 4) is 5.69 Å². The van der Waals surface area contributed by atoms with E-state index in [4.69, 9.17) is 0 Å². The van der Waals surface area contributed by atoms with Gasteiger partial charge < -0.3 is 5.32 Å². The third kappa shape index (κ3) is 4.10. The van der Waals surface area contributed by atoms with Gasteiger partial charge in [-0.15, -0.1) is 11.3 Å². The number of thioether (sulfide) groups is 1. The number of carbonyl (C=O) groups is 1. The number of thiazole rings is 1. The Morgan fingerprint density at radius 2 is 2.04 bits per heavy atom. The molecule has 0 saturated heterocycles. The summed E-state index contributed by atoms with van der Waals surface area (Å²) >= 11 is 3.04. The maximum Gasteiger partial charge on any atom is 0.230 e. The number of benzene rings is 2. The zero-order valence-electron chi connectivity index (χ0n) is 15.7. The molecular weight excluding hydrogens is 388 g/mol. The minimum atomic E-state index is -0.0288. The van der Waals surface area contributed by atoms with E-state index in [2.05, 4.69) is 47.3 Å². The minimum Gasteiger partial charge on any atom is -0.349 e. The van der Waals surface area contributed by atoms with E-state index >= 15 is 0 Å². The first-order chi connectivity index (χ1) is 13.6. The van der Waals surface area contributed by atoms with Crippen molar-refractivity contribution < 1.29 is 4.79 Å². The summed E-state index contributed by atoms with van der Waals surface area (Å²) in [6.07, 6.45) is 3.68. The third-order valence-electron chi connectivity index (χ3n) is 4.48. The quantitative estimate of drug-likeness (QED) is 0.477. The molecule has 142 valence electrons. The van der Waals surface area contributed by atoms with Crippen LogP contribution < -0.4 is 5.32 Å². The van der Waals surface area contributed by atoms with Gasteiger partial charge in [-0.3, -0.25) is 9.36 Å². The van der Waals surface area contributed by atoms with Gasteiger partial charge in [0.25, 0.3) is 0 Å². The first kappa shape index (κ1) is 18.7. The molecule has 0 fully saturated rings. The van der Waals surface area contributed by atoms with Crippen LogP contribution >= 0.6 is 23.1 Å². The summed E-state index contributed by atoms with van der Waals surface area (Å²) in [6, 6.07) is 14.3. The van der Waals surface area contributed by atoms with Crippen molar-refractivity contribution in [3.05, 3.63) is 71.0 Å². The Bertz CT molecular complexity index is 1100. The van der Waals surface area contributed by atoms with Gasteiger partial charge in [0.2, 0.25) is 5.91 Å². The van der Waals surface area contributed by atoms with E-state index in [1.54, 1.807) is 17.5 Å². The number of hydrogen-bond donors (Lipinski definition) is 1. The van der Waals surface area contributed by atoms with Crippen LogP contribution in [0.15, 0.2) is 60.0 Å². The van der Waals surface area contributed by atoms with Crippen molar-refractivity contribution in [2.45, 2.75) is 25.5 Å².